The standard InChI is InChI=1S/C12H13BrClN3O/c1-17-11(14)6-16-12(17)7-18-10-3-2-8(5-15)4-9(10)13/h2-4,6H,5,7,15H2,1H3. The first-order valence-electron chi connectivity index (χ1n) is 5.39. The molecule has 4 nitrogen and oxygen atoms in total. The number of hydrogen-bond donors (Lipinski definition) is 1. The zero-order valence-electron chi connectivity index (χ0n) is 9.86. The molecular weight excluding hydrogens is 318 g/mol. The second-order valence-electron chi connectivity index (χ2n) is 3.81. The molecule has 0 bridgehead atoms. The minimum absolute atomic E-state index is 0.365. The van der Waals surface area contributed by atoms with Crippen molar-refractivity contribution in [3.63, 3.8) is 0 Å². The number of benzene rings is 1. The normalized spacial score (nSPS) is 10.7. The third kappa shape index (κ3) is 2.85. The van der Waals surface area contributed by atoms with Crippen molar-refractivity contribution in [2.45, 2.75) is 13.2 Å². The Morgan fingerprint density at radius 1 is 1.50 bits per heavy atom. The summed E-state index contributed by atoms with van der Waals surface area (Å²) in [6.07, 6.45) is 1.60. The molecule has 0 atom stereocenters. The molecule has 2 aromatic rings. The Kier molecular flexibility index (Phi) is 4.27. The summed E-state index contributed by atoms with van der Waals surface area (Å²) in [5.74, 6) is 1.53. The summed E-state index contributed by atoms with van der Waals surface area (Å²) in [6.45, 7) is 0.873. The molecule has 0 unspecified atom stereocenters. The van der Waals surface area contributed by atoms with Crippen LogP contribution in [0, 0.1) is 0 Å². The Bertz CT molecular complexity index is 556. The number of nitrogens with two attached hydrogens (primary N) is 1. The van der Waals surface area contributed by atoms with Crippen molar-refractivity contribution in [2.75, 3.05) is 0 Å². The van der Waals surface area contributed by atoms with E-state index in [-0.39, 0.29) is 0 Å². The Hall–Kier alpha value is -1.04. The fourth-order valence-electron chi connectivity index (χ4n) is 1.49. The summed E-state index contributed by atoms with van der Waals surface area (Å²) in [5, 5.41) is 0.589. The molecule has 6 heteroatoms. The minimum atomic E-state index is 0.365. The molecule has 1 heterocycles. The molecule has 0 fully saturated rings. The average molecular weight is 331 g/mol. The Balaban J connectivity index is 2.08. The van der Waals surface area contributed by atoms with E-state index in [4.69, 9.17) is 22.1 Å². The van der Waals surface area contributed by atoms with E-state index in [1.165, 1.54) is 0 Å². The molecule has 0 amide bonds. The highest BCUT2D eigenvalue weighted by Gasteiger charge is 2.07. The van der Waals surface area contributed by atoms with Crippen molar-refractivity contribution in [2.24, 2.45) is 12.8 Å². The number of imidazole rings is 1. The lowest BCUT2D eigenvalue weighted by Crippen LogP contribution is -2.04. The number of aromatic nitrogens is 2. The number of nitrogens with zero attached hydrogens (tertiary/aromatic N) is 2. The van der Waals surface area contributed by atoms with E-state index in [1.807, 2.05) is 25.2 Å². The number of ether oxygens (including phenoxy) is 1. The highest BCUT2D eigenvalue weighted by Crippen LogP contribution is 2.26. The van der Waals surface area contributed by atoms with E-state index in [9.17, 15) is 0 Å². The molecule has 0 aliphatic carbocycles. The van der Waals surface area contributed by atoms with Crippen LogP contribution in [0.2, 0.25) is 5.15 Å². The van der Waals surface area contributed by atoms with E-state index in [0.29, 0.717) is 18.3 Å². The minimum Gasteiger partial charge on any atom is -0.484 e. The van der Waals surface area contributed by atoms with Crippen molar-refractivity contribution in [3.05, 3.63) is 45.4 Å². The topological polar surface area (TPSA) is 53.1 Å². The third-order valence-corrected chi connectivity index (χ3v) is 3.59. The Morgan fingerprint density at radius 3 is 2.83 bits per heavy atom. The number of rotatable bonds is 4. The average Bonchev–Trinajstić information content (AvgIpc) is 2.68. The Morgan fingerprint density at radius 2 is 2.28 bits per heavy atom. The molecule has 2 N–H and O–H groups in total. The van der Waals surface area contributed by atoms with Crippen LogP contribution in [0.1, 0.15) is 11.4 Å². The third-order valence-electron chi connectivity index (χ3n) is 2.62. The first kappa shape index (κ1) is 13.4. The second kappa shape index (κ2) is 5.73. The van der Waals surface area contributed by atoms with Gasteiger partial charge in [0.15, 0.2) is 0 Å². The number of halogens is 2. The van der Waals surface area contributed by atoms with Crippen LogP contribution in [-0.4, -0.2) is 9.55 Å². The maximum Gasteiger partial charge on any atom is 0.147 e. The van der Waals surface area contributed by atoms with Gasteiger partial charge in [0.2, 0.25) is 0 Å². The fraction of sp³-hybridized carbons (Fsp3) is 0.250. The van der Waals surface area contributed by atoms with Crippen LogP contribution in [0.3, 0.4) is 0 Å². The van der Waals surface area contributed by atoms with Crippen molar-refractivity contribution >= 4 is 27.5 Å². The fourth-order valence-corrected chi connectivity index (χ4v) is 2.18. The van der Waals surface area contributed by atoms with Crippen LogP contribution in [0.5, 0.6) is 5.75 Å². The Labute approximate surface area is 119 Å². The van der Waals surface area contributed by atoms with Crippen molar-refractivity contribution in [1.82, 2.24) is 9.55 Å². The smallest absolute Gasteiger partial charge is 0.147 e. The van der Waals surface area contributed by atoms with Crippen LogP contribution in [0.15, 0.2) is 28.9 Å². The molecule has 0 aliphatic heterocycles. The van der Waals surface area contributed by atoms with E-state index >= 15 is 0 Å². The van der Waals surface area contributed by atoms with Gasteiger partial charge < -0.3 is 15.0 Å². The molecule has 2 rings (SSSR count). The zero-order valence-corrected chi connectivity index (χ0v) is 12.2. The highest BCUT2D eigenvalue weighted by atomic mass is 79.9. The van der Waals surface area contributed by atoms with E-state index in [0.717, 1.165) is 21.6 Å². The zero-order chi connectivity index (χ0) is 13.1. The van der Waals surface area contributed by atoms with Gasteiger partial charge >= 0.3 is 0 Å². The molecule has 1 aromatic heterocycles. The van der Waals surface area contributed by atoms with Crippen LogP contribution in [0.4, 0.5) is 0 Å². The van der Waals surface area contributed by atoms with Gasteiger partial charge in [0.25, 0.3) is 0 Å². The van der Waals surface area contributed by atoms with Gasteiger partial charge in [0.1, 0.15) is 23.3 Å². The van der Waals surface area contributed by atoms with Gasteiger partial charge in [-0.1, -0.05) is 17.7 Å². The quantitative estimate of drug-likeness (QED) is 0.938. The van der Waals surface area contributed by atoms with Crippen LogP contribution >= 0.6 is 27.5 Å². The van der Waals surface area contributed by atoms with Gasteiger partial charge in [-0.3, -0.25) is 0 Å². The van der Waals surface area contributed by atoms with Crippen molar-refractivity contribution < 1.29 is 4.74 Å². The van der Waals surface area contributed by atoms with Crippen LogP contribution in [0.25, 0.3) is 0 Å². The summed E-state index contributed by atoms with van der Waals surface area (Å²) in [7, 11) is 1.85. The number of hydrogen-bond acceptors (Lipinski definition) is 3. The van der Waals surface area contributed by atoms with Gasteiger partial charge in [-0.05, 0) is 33.6 Å². The van der Waals surface area contributed by atoms with Crippen molar-refractivity contribution in [3.8, 4) is 5.75 Å². The summed E-state index contributed by atoms with van der Waals surface area (Å²) >= 11 is 9.36. The molecule has 1 aromatic carbocycles. The lowest BCUT2D eigenvalue weighted by Gasteiger charge is -2.09. The largest absolute Gasteiger partial charge is 0.484 e. The predicted molar refractivity (Wildman–Crippen MR) is 74.6 cm³/mol. The van der Waals surface area contributed by atoms with Crippen molar-refractivity contribution in [1.29, 1.82) is 0 Å². The monoisotopic (exact) mass is 329 g/mol. The van der Waals surface area contributed by atoms with Gasteiger partial charge in [-0.25, -0.2) is 4.98 Å². The summed E-state index contributed by atoms with van der Waals surface area (Å²) in [4.78, 5) is 4.16. The molecule has 0 saturated heterocycles. The predicted octanol–water partition coefficient (Wildman–Crippen LogP) is 2.87. The van der Waals surface area contributed by atoms with E-state index in [2.05, 4.69) is 20.9 Å². The molecule has 96 valence electrons. The van der Waals surface area contributed by atoms with Gasteiger partial charge in [-0.2, -0.15) is 0 Å². The molecule has 0 radical (unpaired) electrons. The van der Waals surface area contributed by atoms with E-state index < -0.39 is 0 Å². The SMILES string of the molecule is Cn1c(Cl)cnc1COc1ccc(CN)cc1Br. The molecular formula is C12H13BrClN3O. The molecule has 0 aliphatic rings. The maximum absolute atomic E-state index is 5.90. The van der Waals surface area contributed by atoms with Gasteiger partial charge in [0, 0.05) is 13.6 Å². The lowest BCUT2D eigenvalue weighted by atomic mass is 10.2. The lowest BCUT2D eigenvalue weighted by molar-refractivity contribution is 0.290. The van der Waals surface area contributed by atoms with Gasteiger partial charge in [-0.15, -0.1) is 0 Å². The first-order valence-corrected chi connectivity index (χ1v) is 6.56. The molecule has 18 heavy (non-hydrogen) atoms. The van der Waals surface area contributed by atoms with Crippen LogP contribution in [-0.2, 0) is 20.2 Å². The van der Waals surface area contributed by atoms with Gasteiger partial charge in [0.05, 0.1) is 10.7 Å². The summed E-state index contributed by atoms with van der Waals surface area (Å²) in [6, 6.07) is 5.77. The maximum atomic E-state index is 5.90. The second-order valence-corrected chi connectivity index (χ2v) is 5.06. The molecule has 0 saturated carbocycles. The summed E-state index contributed by atoms with van der Waals surface area (Å²) < 4.78 is 8.35. The van der Waals surface area contributed by atoms with E-state index in [1.54, 1.807) is 10.8 Å². The summed E-state index contributed by atoms with van der Waals surface area (Å²) in [5.41, 5.74) is 6.62. The first-order chi connectivity index (χ1) is 8.61. The van der Waals surface area contributed by atoms with Crippen LogP contribution < -0.4 is 10.5 Å². The highest BCUT2D eigenvalue weighted by molar-refractivity contribution is 9.10. The molecule has 0 spiro atoms.